The summed E-state index contributed by atoms with van der Waals surface area (Å²) in [5, 5.41) is 7.37. The Kier molecular flexibility index (Phi) is 9.46. The SMILES string of the molecule is CC(C)(C)OC(=O)N1C[Si](NC(=O)COc2ccc(Cl)c(F)c2)CC[C@@H]1c1nnc(OCCC(F)(F)F)o1. The van der Waals surface area contributed by atoms with E-state index in [2.05, 4.69) is 15.2 Å². The molecular weight excluding hydrogens is 556 g/mol. The summed E-state index contributed by atoms with van der Waals surface area (Å²) in [4.78, 5) is 29.6. The second-order valence-electron chi connectivity index (χ2n) is 9.30. The molecule has 1 radical (unpaired) electrons. The molecule has 1 saturated heterocycles. The number of ether oxygens (including phenoxy) is 3. The van der Waals surface area contributed by atoms with Gasteiger partial charge in [0.15, 0.2) is 15.6 Å². The molecule has 1 atom stereocenters. The first kappa shape index (κ1) is 29.5. The summed E-state index contributed by atoms with van der Waals surface area (Å²) in [5.74, 6) is -1.05. The number of rotatable bonds is 8. The van der Waals surface area contributed by atoms with Crippen LogP contribution in [0, 0.1) is 5.82 Å². The molecular formula is C22H26ClF4N4O6Si. The molecule has 2 heterocycles. The normalized spacial score (nSPS) is 16.7. The minimum Gasteiger partial charge on any atom is -0.484 e. The van der Waals surface area contributed by atoms with E-state index in [0.717, 1.165) is 6.07 Å². The molecule has 2 amide bonds. The van der Waals surface area contributed by atoms with Crippen LogP contribution in [-0.4, -0.2) is 67.2 Å². The lowest BCUT2D eigenvalue weighted by Gasteiger charge is -2.37. The van der Waals surface area contributed by atoms with Crippen LogP contribution in [0.5, 0.6) is 11.8 Å². The van der Waals surface area contributed by atoms with E-state index in [0.29, 0.717) is 12.5 Å². The Morgan fingerprint density at radius 1 is 1.24 bits per heavy atom. The molecule has 1 aliphatic rings. The van der Waals surface area contributed by atoms with Crippen molar-refractivity contribution in [3.63, 3.8) is 0 Å². The van der Waals surface area contributed by atoms with Gasteiger partial charge in [-0.2, -0.15) is 13.2 Å². The molecule has 0 bridgehead atoms. The minimum absolute atomic E-state index is 0.0293. The number of hydrogen-bond acceptors (Lipinski definition) is 8. The zero-order valence-electron chi connectivity index (χ0n) is 20.7. The Bertz CT molecular complexity index is 1130. The van der Waals surface area contributed by atoms with Gasteiger partial charge in [-0.05, 0) is 45.4 Å². The highest BCUT2D eigenvalue weighted by Gasteiger charge is 2.40. The number of amides is 2. The summed E-state index contributed by atoms with van der Waals surface area (Å²) in [5.41, 5.74) is -0.822. The largest absolute Gasteiger partial charge is 0.484 e. The molecule has 0 unspecified atom stereocenters. The Labute approximate surface area is 222 Å². The van der Waals surface area contributed by atoms with E-state index in [1.165, 1.54) is 17.0 Å². The Hall–Kier alpha value is -3.07. The summed E-state index contributed by atoms with van der Waals surface area (Å²) in [6.07, 6.45) is -6.32. The van der Waals surface area contributed by atoms with E-state index >= 15 is 0 Å². The van der Waals surface area contributed by atoms with Crippen LogP contribution in [0.4, 0.5) is 22.4 Å². The number of hydrogen-bond donors (Lipinski definition) is 1. The van der Waals surface area contributed by atoms with Crippen molar-refractivity contribution in [3.8, 4) is 11.8 Å². The number of alkyl halides is 3. The van der Waals surface area contributed by atoms with Gasteiger partial charge in [0.05, 0.1) is 11.4 Å². The number of nitrogens with zero attached hydrogens (tertiary/aromatic N) is 3. The van der Waals surface area contributed by atoms with Crippen LogP contribution in [0.15, 0.2) is 22.6 Å². The fraction of sp³-hybridized carbons (Fsp3) is 0.545. The number of nitrogens with one attached hydrogen (secondary N) is 1. The van der Waals surface area contributed by atoms with Gasteiger partial charge in [0.2, 0.25) is 11.8 Å². The lowest BCUT2D eigenvalue weighted by molar-refractivity contribution is -0.140. The maximum absolute atomic E-state index is 13.6. The van der Waals surface area contributed by atoms with E-state index in [1.54, 1.807) is 20.8 Å². The lowest BCUT2D eigenvalue weighted by atomic mass is 10.2. The van der Waals surface area contributed by atoms with E-state index in [1.807, 2.05) is 0 Å². The maximum atomic E-state index is 13.6. The molecule has 16 heteroatoms. The second-order valence-corrected chi connectivity index (χ2v) is 12.0. The van der Waals surface area contributed by atoms with Crippen LogP contribution >= 0.6 is 11.6 Å². The van der Waals surface area contributed by atoms with Crippen molar-refractivity contribution in [2.24, 2.45) is 0 Å². The summed E-state index contributed by atoms with van der Waals surface area (Å²) in [7, 11) is -1.67. The molecule has 2 aromatic rings. The van der Waals surface area contributed by atoms with Crippen molar-refractivity contribution < 1.29 is 45.8 Å². The predicted molar refractivity (Wildman–Crippen MR) is 126 cm³/mol. The van der Waals surface area contributed by atoms with Crippen molar-refractivity contribution in [2.45, 2.75) is 57.5 Å². The van der Waals surface area contributed by atoms with Gasteiger partial charge in [0.25, 0.3) is 0 Å². The smallest absolute Gasteiger partial charge is 0.414 e. The second kappa shape index (κ2) is 12.2. The van der Waals surface area contributed by atoms with Gasteiger partial charge < -0.3 is 23.6 Å². The van der Waals surface area contributed by atoms with Gasteiger partial charge in [-0.25, -0.2) is 9.18 Å². The average molecular weight is 582 g/mol. The Balaban J connectivity index is 1.63. The third-order valence-corrected chi connectivity index (χ3v) is 7.53. The molecule has 0 aliphatic carbocycles. The van der Waals surface area contributed by atoms with Crippen molar-refractivity contribution in [1.29, 1.82) is 0 Å². The third-order valence-electron chi connectivity index (χ3n) is 4.98. The zero-order chi connectivity index (χ0) is 28.1. The standard InChI is InChI=1S/C22H26ClF4N4O6Si/c1-21(2,3)37-20(33)31-12-38(30-17(32)11-35-13-4-5-14(23)15(24)10-13)9-6-16(31)18-28-29-19(36-18)34-8-7-22(25,26)27/h4-5,10,16H,6-9,11-12H2,1-3H3,(H,30,32)/t16-/m1/s1. The number of halogens is 5. The molecule has 3 rings (SSSR count). The maximum Gasteiger partial charge on any atom is 0.414 e. The van der Waals surface area contributed by atoms with Crippen LogP contribution in [-0.2, 0) is 9.53 Å². The molecule has 1 fully saturated rings. The quantitative estimate of drug-likeness (QED) is 0.355. The molecule has 38 heavy (non-hydrogen) atoms. The van der Waals surface area contributed by atoms with Gasteiger partial charge in [0.1, 0.15) is 29.8 Å². The predicted octanol–water partition coefficient (Wildman–Crippen LogP) is 4.60. The first-order valence-corrected chi connectivity index (χ1v) is 13.7. The Morgan fingerprint density at radius 2 is 1.97 bits per heavy atom. The summed E-state index contributed by atoms with van der Waals surface area (Å²) < 4.78 is 71.7. The van der Waals surface area contributed by atoms with E-state index in [4.69, 9.17) is 30.2 Å². The minimum atomic E-state index is -4.40. The van der Waals surface area contributed by atoms with Crippen LogP contribution < -0.4 is 14.5 Å². The molecule has 0 saturated carbocycles. The molecule has 1 aromatic heterocycles. The average Bonchev–Trinajstić information content (AvgIpc) is 3.26. The summed E-state index contributed by atoms with van der Waals surface area (Å²) in [6.45, 7) is 3.98. The first-order valence-electron chi connectivity index (χ1n) is 11.4. The molecule has 1 aliphatic heterocycles. The third kappa shape index (κ3) is 9.04. The van der Waals surface area contributed by atoms with Gasteiger partial charge in [0, 0.05) is 12.2 Å². The van der Waals surface area contributed by atoms with Crippen LogP contribution in [0.25, 0.3) is 0 Å². The zero-order valence-corrected chi connectivity index (χ0v) is 22.5. The first-order chi connectivity index (χ1) is 17.7. The Morgan fingerprint density at radius 3 is 2.63 bits per heavy atom. The highest BCUT2D eigenvalue weighted by Crippen LogP contribution is 2.32. The highest BCUT2D eigenvalue weighted by atomic mass is 35.5. The molecule has 10 nitrogen and oxygen atoms in total. The van der Waals surface area contributed by atoms with E-state index in [-0.39, 0.29) is 29.4 Å². The monoisotopic (exact) mass is 581 g/mol. The van der Waals surface area contributed by atoms with Crippen LogP contribution in [0.2, 0.25) is 11.1 Å². The topological polar surface area (TPSA) is 116 Å². The fourth-order valence-electron chi connectivity index (χ4n) is 3.35. The van der Waals surface area contributed by atoms with Gasteiger partial charge >= 0.3 is 18.3 Å². The molecule has 209 valence electrons. The van der Waals surface area contributed by atoms with E-state index < -0.39 is 63.7 Å². The van der Waals surface area contributed by atoms with E-state index in [9.17, 15) is 27.2 Å². The number of aromatic nitrogens is 2. The number of carbonyl (C=O) groups excluding carboxylic acids is 2. The highest BCUT2D eigenvalue weighted by molar-refractivity contribution is 6.59. The number of carbonyl (C=O) groups is 2. The van der Waals surface area contributed by atoms with Crippen LogP contribution in [0.1, 0.15) is 45.5 Å². The molecule has 0 spiro atoms. The van der Waals surface area contributed by atoms with Crippen molar-refractivity contribution >= 4 is 32.6 Å². The molecule has 1 N–H and O–H groups in total. The van der Waals surface area contributed by atoms with Crippen molar-refractivity contribution in [1.82, 2.24) is 20.1 Å². The fourth-order valence-corrected chi connectivity index (χ4v) is 5.68. The summed E-state index contributed by atoms with van der Waals surface area (Å²) >= 11 is 5.64. The van der Waals surface area contributed by atoms with Gasteiger partial charge in [-0.3, -0.25) is 9.69 Å². The summed E-state index contributed by atoms with van der Waals surface area (Å²) in [6, 6.07) is 3.54. The van der Waals surface area contributed by atoms with Crippen molar-refractivity contribution in [3.05, 3.63) is 34.9 Å². The van der Waals surface area contributed by atoms with Crippen LogP contribution in [0.3, 0.4) is 0 Å². The van der Waals surface area contributed by atoms with Gasteiger partial charge in [-0.1, -0.05) is 16.7 Å². The number of benzene rings is 1. The van der Waals surface area contributed by atoms with Crippen molar-refractivity contribution in [2.75, 3.05) is 19.4 Å². The molecule has 1 aromatic carbocycles. The van der Waals surface area contributed by atoms with Gasteiger partial charge in [-0.15, -0.1) is 5.10 Å². The lowest BCUT2D eigenvalue weighted by Crippen LogP contribution is -2.55.